The van der Waals surface area contributed by atoms with Crippen molar-refractivity contribution in [3.8, 4) is 0 Å². The van der Waals surface area contributed by atoms with Crippen molar-refractivity contribution in [1.29, 1.82) is 0 Å². The second-order valence-corrected chi connectivity index (χ2v) is 6.11. The Labute approximate surface area is 124 Å². The molecule has 0 radical (unpaired) electrons. The molecule has 1 fully saturated rings. The van der Waals surface area contributed by atoms with Crippen molar-refractivity contribution in [3.05, 3.63) is 35.9 Å². The van der Waals surface area contributed by atoms with E-state index < -0.39 is 17.8 Å². The van der Waals surface area contributed by atoms with Crippen LogP contribution in [0.4, 0.5) is 4.79 Å². The maximum Gasteiger partial charge on any atom is 0.410 e. The highest BCUT2D eigenvalue weighted by Gasteiger charge is 2.36. The average molecular weight is 291 g/mol. The van der Waals surface area contributed by atoms with E-state index in [0.717, 1.165) is 5.56 Å². The standard InChI is InChI=1S/C16H21NO4/c1-16(2,3)21-15(19)17-9-13(18)14(10-17)20-11-12-7-5-4-6-8-12/h4-8,14H,9-11H2,1-3H3/t14-/m1/s1. The number of likely N-dealkylation sites (tertiary alicyclic amines) is 1. The summed E-state index contributed by atoms with van der Waals surface area (Å²) >= 11 is 0. The molecule has 1 saturated heterocycles. The topological polar surface area (TPSA) is 55.8 Å². The van der Waals surface area contributed by atoms with Crippen LogP contribution in [0.2, 0.25) is 0 Å². The molecule has 0 aliphatic carbocycles. The Bertz CT molecular complexity index is 507. The van der Waals surface area contributed by atoms with Crippen LogP contribution >= 0.6 is 0 Å². The van der Waals surface area contributed by atoms with E-state index in [0.29, 0.717) is 6.61 Å². The Morgan fingerprint density at radius 1 is 1.29 bits per heavy atom. The maximum atomic E-state index is 11.9. The van der Waals surface area contributed by atoms with Crippen LogP contribution in [-0.4, -0.2) is 41.6 Å². The predicted molar refractivity (Wildman–Crippen MR) is 77.8 cm³/mol. The molecule has 114 valence electrons. The normalized spacial score (nSPS) is 18.9. The van der Waals surface area contributed by atoms with Gasteiger partial charge in [0.1, 0.15) is 11.7 Å². The van der Waals surface area contributed by atoms with E-state index >= 15 is 0 Å². The summed E-state index contributed by atoms with van der Waals surface area (Å²) in [6.07, 6.45) is -1.04. The molecule has 0 unspecified atom stereocenters. The van der Waals surface area contributed by atoms with Crippen LogP contribution in [0.3, 0.4) is 0 Å². The van der Waals surface area contributed by atoms with E-state index in [4.69, 9.17) is 9.47 Å². The number of hydrogen-bond donors (Lipinski definition) is 0. The van der Waals surface area contributed by atoms with Crippen LogP contribution in [0.25, 0.3) is 0 Å². The lowest BCUT2D eigenvalue weighted by Crippen LogP contribution is -2.36. The number of rotatable bonds is 3. The van der Waals surface area contributed by atoms with Gasteiger partial charge in [-0.2, -0.15) is 0 Å². The Kier molecular flexibility index (Phi) is 4.63. The molecule has 1 heterocycles. The number of amides is 1. The monoisotopic (exact) mass is 291 g/mol. The van der Waals surface area contributed by atoms with Gasteiger partial charge in [0.15, 0.2) is 5.78 Å². The smallest absolute Gasteiger partial charge is 0.410 e. The lowest BCUT2D eigenvalue weighted by atomic mass is 10.2. The molecule has 0 N–H and O–H groups in total. The van der Waals surface area contributed by atoms with Gasteiger partial charge in [0.2, 0.25) is 0 Å². The molecule has 1 aromatic rings. The number of ketones is 1. The molecular weight excluding hydrogens is 270 g/mol. The van der Waals surface area contributed by atoms with Gasteiger partial charge in [0, 0.05) is 0 Å². The first kappa shape index (κ1) is 15.5. The minimum absolute atomic E-state index is 0.0500. The number of hydrogen-bond acceptors (Lipinski definition) is 4. The lowest BCUT2D eigenvalue weighted by Gasteiger charge is -2.23. The second-order valence-electron chi connectivity index (χ2n) is 6.11. The van der Waals surface area contributed by atoms with Gasteiger partial charge in [0.05, 0.1) is 19.7 Å². The minimum Gasteiger partial charge on any atom is -0.444 e. The maximum absolute atomic E-state index is 11.9. The fraction of sp³-hybridized carbons (Fsp3) is 0.500. The third-order valence-corrected chi connectivity index (χ3v) is 3.04. The number of Topliss-reactive ketones (excluding diaryl/α,β-unsaturated/α-hetero) is 1. The van der Waals surface area contributed by atoms with Crippen LogP contribution < -0.4 is 0 Å². The summed E-state index contributed by atoms with van der Waals surface area (Å²) < 4.78 is 10.9. The first-order chi connectivity index (χ1) is 9.85. The zero-order valence-electron chi connectivity index (χ0n) is 12.7. The number of ether oxygens (including phenoxy) is 2. The minimum atomic E-state index is -0.572. The van der Waals surface area contributed by atoms with Crippen molar-refractivity contribution in [2.75, 3.05) is 13.1 Å². The van der Waals surface area contributed by atoms with Gasteiger partial charge in [-0.05, 0) is 26.3 Å². The van der Waals surface area contributed by atoms with E-state index in [-0.39, 0.29) is 18.9 Å². The Morgan fingerprint density at radius 3 is 2.57 bits per heavy atom. The summed E-state index contributed by atoms with van der Waals surface area (Å²) in [5.74, 6) is -0.0863. The molecule has 1 atom stereocenters. The van der Waals surface area contributed by atoms with Gasteiger partial charge >= 0.3 is 6.09 Å². The van der Waals surface area contributed by atoms with Crippen molar-refractivity contribution >= 4 is 11.9 Å². The molecule has 0 bridgehead atoms. The average Bonchev–Trinajstić information content (AvgIpc) is 2.77. The fourth-order valence-corrected chi connectivity index (χ4v) is 2.04. The first-order valence-electron chi connectivity index (χ1n) is 7.01. The van der Waals surface area contributed by atoms with Crippen molar-refractivity contribution in [3.63, 3.8) is 0 Å². The molecule has 1 aliphatic heterocycles. The van der Waals surface area contributed by atoms with Crippen molar-refractivity contribution in [1.82, 2.24) is 4.90 Å². The van der Waals surface area contributed by atoms with Crippen LogP contribution in [-0.2, 0) is 20.9 Å². The zero-order chi connectivity index (χ0) is 15.5. The van der Waals surface area contributed by atoms with E-state index in [1.807, 2.05) is 30.3 Å². The Hall–Kier alpha value is -1.88. The lowest BCUT2D eigenvalue weighted by molar-refractivity contribution is -0.126. The highest BCUT2D eigenvalue weighted by Crippen LogP contribution is 2.16. The third kappa shape index (κ3) is 4.56. The summed E-state index contributed by atoms with van der Waals surface area (Å²) in [4.78, 5) is 25.2. The van der Waals surface area contributed by atoms with Gasteiger partial charge in [-0.25, -0.2) is 4.79 Å². The number of nitrogens with zero attached hydrogens (tertiary/aromatic N) is 1. The van der Waals surface area contributed by atoms with E-state index in [2.05, 4.69) is 0 Å². The molecule has 5 nitrogen and oxygen atoms in total. The summed E-state index contributed by atoms with van der Waals surface area (Å²) in [5, 5.41) is 0. The molecule has 2 rings (SSSR count). The summed E-state index contributed by atoms with van der Waals surface area (Å²) in [6, 6.07) is 9.63. The van der Waals surface area contributed by atoms with Crippen molar-refractivity contribution in [2.45, 2.75) is 39.1 Å². The third-order valence-electron chi connectivity index (χ3n) is 3.04. The largest absolute Gasteiger partial charge is 0.444 e. The van der Waals surface area contributed by atoms with Gasteiger partial charge in [-0.1, -0.05) is 30.3 Å². The molecule has 1 aromatic carbocycles. The first-order valence-corrected chi connectivity index (χ1v) is 7.01. The van der Waals surface area contributed by atoms with Crippen molar-refractivity contribution in [2.24, 2.45) is 0 Å². The van der Waals surface area contributed by atoms with Crippen LogP contribution in [0.15, 0.2) is 30.3 Å². The Balaban J connectivity index is 1.86. The predicted octanol–water partition coefficient (Wildman–Crippen LogP) is 2.39. The van der Waals surface area contributed by atoms with Crippen molar-refractivity contribution < 1.29 is 19.1 Å². The molecule has 21 heavy (non-hydrogen) atoms. The molecule has 0 spiro atoms. The second kappa shape index (κ2) is 6.26. The molecule has 5 heteroatoms. The molecule has 1 amide bonds. The van der Waals surface area contributed by atoms with Gasteiger partial charge in [-0.3, -0.25) is 9.69 Å². The van der Waals surface area contributed by atoms with Crippen LogP contribution in [0, 0.1) is 0 Å². The number of carbonyl (C=O) groups is 2. The fourth-order valence-electron chi connectivity index (χ4n) is 2.04. The SMILES string of the molecule is CC(C)(C)OC(=O)N1CC(=O)[C@H](OCc2ccccc2)C1. The highest BCUT2D eigenvalue weighted by molar-refractivity contribution is 5.91. The quantitative estimate of drug-likeness (QED) is 0.858. The highest BCUT2D eigenvalue weighted by atomic mass is 16.6. The number of benzene rings is 1. The summed E-state index contributed by atoms with van der Waals surface area (Å²) in [5.41, 5.74) is 0.435. The van der Waals surface area contributed by atoms with Gasteiger partial charge in [0.25, 0.3) is 0 Å². The summed E-state index contributed by atoms with van der Waals surface area (Å²) in [6.45, 7) is 6.05. The van der Waals surface area contributed by atoms with E-state index in [1.54, 1.807) is 20.8 Å². The van der Waals surface area contributed by atoms with Crippen LogP contribution in [0.5, 0.6) is 0 Å². The molecular formula is C16H21NO4. The van der Waals surface area contributed by atoms with Gasteiger partial charge in [-0.15, -0.1) is 0 Å². The summed E-state index contributed by atoms with van der Waals surface area (Å²) in [7, 11) is 0. The number of carbonyl (C=O) groups excluding carboxylic acids is 2. The molecule has 0 aromatic heterocycles. The van der Waals surface area contributed by atoms with Crippen LogP contribution in [0.1, 0.15) is 26.3 Å². The van der Waals surface area contributed by atoms with E-state index in [9.17, 15) is 9.59 Å². The zero-order valence-corrected chi connectivity index (χ0v) is 12.7. The Morgan fingerprint density at radius 2 is 1.95 bits per heavy atom. The molecule has 1 aliphatic rings. The molecule has 0 saturated carbocycles. The van der Waals surface area contributed by atoms with Gasteiger partial charge < -0.3 is 9.47 Å². The van der Waals surface area contributed by atoms with E-state index in [1.165, 1.54) is 4.90 Å².